The number of rotatable bonds is 74. The Balaban J connectivity index is 5.23. The molecule has 7 atom stereocenters. The second-order valence-corrected chi connectivity index (χ2v) is 31.3. The highest BCUT2D eigenvalue weighted by molar-refractivity contribution is 7.47. The lowest BCUT2D eigenvalue weighted by Crippen LogP contribution is -2.30. The third-order valence-electron chi connectivity index (χ3n) is 18.4. The van der Waals surface area contributed by atoms with Crippen LogP contribution in [0.4, 0.5) is 0 Å². The molecule has 0 aliphatic carbocycles. The molecule has 0 saturated heterocycles. The van der Waals surface area contributed by atoms with Gasteiger partial charge in [0.1, 0.15) is 19.3 Å². The zero-order chi connectivity index (χ0) is 70.1. The molecule has 0 bridgehead atoms. The number of ether oxygens (including phenoxy) is 4. The molecule has 0 aromatic heterocycles. The molecule has 95 heavy (non-hydrogen) atoms. The third kappa shape index (κ3) is 67.6. The smallest absolute Gasteiger partial charge is 0.462 e. The molecule has 0 aliphatic heterocycles. The first-order chi connectivity index (χ1) is 45.8. The van der Waals surface area contributed by atoms with E-state index >= 15 is 0 Å². The van der Waals surface area contributed by atoms with Crippen LogP contribution in [0, 0.1) is 17.8 Å². The number of aliphatic hydroxyl groups excluding tert-OH is 1. The van der Waals surface area contributed by atoms with E-state index in [1.807, 2.05) is 0 Å². The average molecular weight is 1400 g/mol. The van der Waals surface area contributed by atoms with Crippen molar-refractivity contribution in [2.45, 2.75) is 407 Å². The molecule has 19 heteroatoms. The zero-order valence-corrected chi connectivity index (χ0v) is 63.9. The van der Waals surface area contributed by atoms with E-state index in [4.69, 9.17) is 37.0 Å². The van der Waals surface area contributed by atoms with E-state index in [1.54, 1.807) is 0 Å². The summed E-state index contributed by atoms with van der Waals surface area (Å²) in [4.78, 5) is 72.8. The van der Waals surface area contributed by atoms with Gasteiger partial charge in [-0.3, -0.25) is 37.3 Å². The average Bonchev–Trinajstić information content (AvgIpc) is 1.35. The van der Waals surface area contributed by atoms with Crippen molar-refractivity contribution in [3.63, 3.8) is 0 Å². The normalized spacial score (nSPS) is 14.6. The molecule has 0 heterocycles. The number of phosphoric ester groups is 2. The van der Waals surface area contributed by atoms with Crippen LogP contribution < -0.4 is 0 Å². The Morgan fingerprint density at radius 1 is 0.305 bits per heavy atom. The van der Waals surface area contributed by atoms with Crippen LogP contribution in [-0.2, 0) is 65.4 Å². The highest BCUT2D eigenvalue weighted by Crippen LogP contribution is 2.45. The monoisotopic (exact) mass is 1400 g/mol. The summed E-state index contributed by atoms with van der Waals surface area (Å²) in [6, 6.07) is 0. The van der Waals surface area contributed by atoms with Crippen LogP contribution in [0.2, 0.25) is 0 Å². The van der Waals surface area contributed by atoms with Gasteiger partial charge in [0.05, 0.1) is 26.4 Å². The molecular weight excluding hydrogens is 1250 g/mol. The molecule has 17 nitrogen and oxygen atoms in total. The number of carbonyl (C=O) groups excluding carboxylic acids is 4. The Kier molecular flexibility index (Phi) is 65.2. The van der Waals surface area contributed by atoms with Crippen molar-refractivity contribution in [1.82, 2.24) is 0 Å². The maximum Gasteiger partial charge on any atom is 0.472 e. The Labute approximate surface area is 581 Å². The van der Waals surface area contributed by atoms with Gasteiger partial charge in [-0.1, -0.05) is 337 Å². The SMILES string of the molecule is CCCCCCCCCCCCC(=O)OC[C@H](COP(=O)(O)OC[C@H](O)COP(=O)(O)OC[C@@H](COC(=O)CCCCCCCCCCCCCCCCC(C)C)OC(=O)CCCCCCCCCCCCCCCCC(C)CC)OC(=O)CCCCCCCCC(C)CC. The lowest BCUT2D eigenvalue weighted by atomic mass is 9.99. The first kappa shape index (κ1) is 93.1. The Bertz CT molecular complexity index is 1860. The van der Waals surface area contributed by atoms with Crippen LogP contribution in [0.25, 0.3) is 0 Å². The third-order valence-corrected chi connectivity index (χ3v) is 20.3. The van der Waals surface area contributed by atoms with Crippen molar-refractivity contribution in [1.29, 1.82) is 0 Å². The van der Waals surface area contributed by atoms with Crippen molar-refractivity contribution < 1.29 is 80.2 Å². The van der Waals surface area contributed by atoms with Gasteiger partial charge in [0.25, 0.3) is 0 Å². The number of hydrogen-bond donors (Lipinski definition) is 3. The molecule has 0 fully saturated rings. The summed E-state index contributed by atoms with van der Waals surface area (Å²) in [7, 11) is -9.91. The van der Waals surface area contributed by atoms with Crippen molar-refractivity contribution in [2.24, 2.45) is 17.8 Å². The van der Waals surface area contributed by atoms with Crippen molar-refractivity contribution >= 4 is 39.5 Å². The van der Waals surface area contributed by atoms with E-state index in [-0.39, 0.29) is 25.7 Å². The minimum Gasteiger partial charge on any atom is -0.462 e. The second kappa shape index (κ2) is 66.6. The van der Waals surface area contributed by atoms with Crippen LogP contribution in [0.3, 0.4) is 0 Å². The van der Waals surface area contributed by atoms with Gasteiger partial charge in [0.2, 0.25) is 0 Å². The van der Waals surface area contributed by atoms with Gasteiger partial charge in [-0.05, 0) is 43.4 Å². The molecule has 0 rings (SSSR count). The lowest BCUT2D eigenvalue weighted by Gasteiger charge is -2.21. The number of hydrogen-bond acceptors (Lipinski definition) is 15. The topological polar surface area (TPSA) is 237 Å². The van der Waals surface area contributed by atoms with Crippen molar-refractivity contribution in [3.05, 3.63) is 0 Å². The summed E-state index contributed by atoms with van der Waals surface area (Å²) in [6.45, 7) is 11.9. The fourth-order valence-electron chi connectivity index (χ4n) is 11.5. The van der Waals surface area contributed by atoms with E-state index in [0.29, 0.717) is 25.7 Å². The van der Waals surface area contributed by atoms with Crippen LogP contribution in [0.5, 0.6) is 0 Å². The second-order valence-electron chi connectivity index (χ2n) is 28.4. The van der Waals surface area contributed by atoms with E-state index in [0.717, 1.165) is 108 Å². The minimum absolute atomic E-state index is 0.103. The molecule has 0 saturated carbocycles. The van der Waals surface area contributed by atoms with Crippen LogP contribution in [-0.4, -0.2) is 96.7 Å². The summed E-state index contributed by atoms with van der Waals surface area (Å²) < 4.78 is 68.5. The van der Waals surface area contributed by atoms with Gasteiger partial charge in [-0.2, -0.15) is 0 Å². The highest BCUT2D eigenvalue weighted by Gasteiger charge is 2.30. The molecule has 564 valence electrons. The quantitative estimate of drug-likeness (QED) is 0.0222. The van der Waals surface area contributed by atoms with Crippen LogP contribution in [0.15, 0.2) is 0 Å². The molecule has 0 radical (unpaired) electrons. The first-order valence-electron chi connectivity index (χ1n) is 39.4. The standard InChI is InChI=1S/C76H148O17P2/c1-8-11-12-13-14-15-30-35-43-50-57-73(78)87-64-72(93-76(81)60-53-46-39-38-42-49-56-69(7)10-3)66-91-95(84,85)89-62-70(77)61-88-94(82,83)90-65-71(63-86-74(79)58-51-44-36-31-26-22-18-16-20-24-28-33-40-47-54-67(4)5)92-75(80)59-52-45-37-32-27-23-19-17-21-25-29-34-41-48-55-68(6)9-2/h67-72,77H,8-66H2,1-7H3,(H,82,83)(H,84,85)/t68?,69?,70-,71-,72-/m1/s1. The number of unbranched alkanes of at least 4 members (excludes halogenated alkanes) is 40. The number of carbonyl (C=O) groups is 4. The summed E-state index contributed by atoms with van der Waals surface area (Å²) in [5.41, 5.74) is 0. The number of aliphatic hydroxyl groups is 1. The molecule has 0 aromatic rings. The van der Waals surface area contributed by atoms with Gasteiger partial charge < -0.3 is 33.8 Å². The lowest BCUT2D eigenvalue weighted by molar-refractivity contribution is -0.161. The van der Waals surface area contributed by atoms with Crippen LogP contribution >= 0.6 is 15.6 Å². The van der Waals surface area contributed by atoms with Gasteiger partial charge in [0, 0.05) is 25.7 Å². The summed E-state index contributed by atoms with van der Waals surface area (Å²) in [5, 5.41) is 10.6. The summed E-state index contributed by atoms with van der Waals surface area (Å²) in [6.07, 6.45) is 52.7. The molecular formula is C76H148O17P2. The largest absolute Gasteiger partial charge is 0.472 e. The predicted molar refractivity (Wildman–Crippen MR) is 386 cm³/mol. The van der Waals surface area contributed by atoms with Gasteiger partial charge in [-0.15, -0.1) is 0 Å². The minimum atomic E-state index is -4.96. The van der Waals surface area contributed by atoms with Crippen LogP contribution in [0.1, 0.15) is 389 Å². The Morgan fingerprint density at radius 3 is 0.800 bits per heavy atom. The van der Waals surface area contributed by atoms with Gasteiger partial charge in [0.15, 0.2) is 12.2 Å². The Hall–Kier alpha value is -1.94. The summed E-state index contributed by atoms with van der Waals surface area (Å²) in [5.74, 6) is 0.245. The first-order valence-corrected chi connectivity index (χ1v) is 42.4. The fraction of sp³-hybridized carbons (Fsp3) is 0.947. The molecule has 0 amide bonds. The van der Waals surface area contributed by atoms with E-state index in [1.165, 1.54) is 199 Å². The maximum absolute atomic E-state index is 13.1. The summed E-state index contributed by atoms with van der Waals surface area (Å²) >= 11 is 0. The molecule has 4 unspecified atom stereocenters. The van der Waals surface area contributed by atoms with Crippen molar-refractivity contribution in [3.8, 4) is 0 Å². The zero-order valence-electron chi connectivity index (χ0n) is 62.1. The molecule has 3 N–H and O–H groups in total. The van der Waals surface area contributed by atoms with Gasteiger partial charge >= 0.3 is 39.5 Å². The van der Waals surface area contributed by atoms with E-state index in [2.05, 4.69) is 48.5 Å². The molecule has 0 spiro atoms. The Morgan fingerprint density at radius 2 is 0.537 bits per heavy atom. The highest BCUT2D eigenvalue weighted by atomic mass is 31.2. The van der Waals surface area contributed by atoms with Crippen molar-refractivity contribution in [2.75, 3.05) is 39.6 Å². The predicted octanol–water partition coefficient (Wildman–Crippen LogP) is 22.2. The molecule has 0 aromatic carbocycles. The number of esters is 4. The number of phosphoric acid groups is 2. The fourth-order valence-corrected chi connectivity index (χ4v) is 13.1. The van der Waals surface area contributed by atoms with E-state index < -0.39 is 97.5 Å². The molecule has 0 aliphatic rings. The van der Waals surface area contributed by atoms with Gasteiger partial charge in [-0.25, -0.2) is 9.13 Å². The maximum atomic E-state index is 13.1. The van der Waals surface area contributed by atoms with E-state index in [9.17, 15) is 43.2 Å².